The Bertz CT molecular complexity index is 545. The van der Waals surface area contributed by atoms with Gasteiger partial charge in [-0.1, -0.05) is 17.7 Å². The fraction of sp³-hybridized carbons (Fsp3) is 0.167. The molecule has 2 N–H and O–H groups in total. The van der Waals surface area contributed by atoms with Crippen LogP contribution in [0.1, 0.15) is 16.5 Å². The van der Waals surface area contributed by atoms with Gasteiger partial charge in [0.2, 0.25) is 6.79 Å². The monoisotopic (exact) mass is 303 g/mol. The Balaban J connectivity index is 0.00000120. The minimum atomic E-state index is -0.225. The number of benzene rings is 1. The molecule has 96 valence electrons. The molecule has 0 saturated heterocycles. The zero-order valence-corrected chi connectivity index (χ0v) is 11.6. The standard InChI is InChI=1S/C12H10ClNO2S.ClH/c13-8-5-10-9(15-6-16-10)4-7(8)12(14)11-2-1-3-17-11;/h1-5,12H,6,14H2;1H/t12-;/m0./s1. The molecule has 0 saturated carbocycles. The highest BCUT2D eigenvalue weighted by Crippen LogP contribution is 2.40. The number of nitrogens with two attached hydrogens (primary N) is 1. The third-order valence-electron chi connectivity index (χ3n) is 2.68. The Morgan fingerprint density at radius 1 is 1.28 bits per heavy atom. The van der Waals surface area contributed by atoms with E-state index in [1.807, 2.05) is 23.6 Å². The van der Waals surface area contributed by atoms with Crippen LogP contribution in [0.2, 0.25) is 5.02 Å². The molecule has 0 amide bonds. The van der Waals surface area contributed by atoms with E-state index >= 15 is 0 Å². The molecule has 1 aromatic heterocycles. The quantitative estimate of drug-likeness (QED) is 0.922. The second-order valence-corrected chi connectivity index (χ2v) is 5.11. The molecule has 2 aromatic rings. The van der Waals surface area contributed by atoms with E-state index in [1.165, 1.54) is 0 Å². The van der Waals surface area contributed by atoms with Crippen molar-refractivity contribution in [2.75, 3.05) is 6.79 Å². The average Bonchev–Trinajstić information content (AvgIpc) is 2.97. The van der Waals surface area contributed by atoms with Gasteiger partial charge in [-0.2, -0.15) is 0 Å². The van der Waals surface area contributed by atoms with Crippen LogP contribution in [0.15, 0.2) is 29.6 Å². The van der Waals surface area contributed by atoms with Crippen LogP contribution in [-0.2, 0) is 0 Å². The van der Waals surface area contributed by atoms with Crippen LogP contribution in [0.25, 0.3) is 0 Å². The number of thiophene rings is 1. The fourth-order valence-corrected chi connectivity index (χ4v) is 2.81. The second-order valence-electron chi connectivity index (χ2n) is 3.72. The fourth-order valence-electron chi connectivity index (χ4n) is 1.79. The zero-order chi connectivity index (χ0) is 11.8. The zero-order valence-electron chi connectivity index (χ0n) is 9.26. The SMILES string of the molecule is Cl.N[C@H](c1cccs1)c1cc2c(cc1Cl)OCO2. The molecule has 0 spiro atoms. The molecule has 3 rings (SSSR count). The lowest BCUT2D eigenvalue weighted by molar-refractivity contribution is 0.174. The maximum absolute atomic E-state index is 6.21. The number of fused-ring (bicyclic) bond motifs is 1. The Labute approximate surface area is 120 Å². The smallest absolute Gasteiger partial charge is 0.231 e. The first-order valence-electron chi connectivity index (χ1n) is 5.14. The number of halogens is 2. The van der Waals surface area contributed by atoms with Gasteiger partial charge in [-0.25, -0.2) is 0 Å². The summed E-state index contributed by atoms with van der Waals surface area (Å²) in [5.41, 5.74) is 7.04. The van der Waals surface area contributed by atoms with Crippen molar-refractivity contribution in [2.45, 2.75) is 6.04 Å². The molecule has 1 atom stereocenters. The van der Waals surface area contributed by atoms with Crippen LogP contribution in [0.4, 0.5) is 0 Å². The maximum Gasteiger partial charge on any atom is 0.231 e. The van der Waals surface area contributed by atoms with Gasteiger partial charge in [-0.15, -0.1) is 23.7 Å². The molecule has 18 heavy (non-hydrogen) atoms. The van der Waals surface area contributed by atoms with Crippen molar-refractivity contribution in [1.82, 2.24) is 0 Å². The maximum atomic E-state index is 6.21. The highest BCUT2D eigenvalue weighted by Gasteiger charge is 2.20. The summed E-state index contributed by atoms with van der Waals surface area (Å²) >= 11 is 7.82. The highest BCUT2D eigenvalue weighted by atomic mass is 35.5. The van der Waals surface area contributed by atoms with E-state index in [4.69, 9.17) is 26.8 Å². The van der Waals surface area contributed by atoms with E-state index in [2.05, 4.69) is 0 Å². The minimum Gasteiger partial charge on any atom is -0.454 e. The predicted molar refractivity (Wildman–Crippen MR) is 75.2 cm³/mol. The summed E-state index contributed by atoms with van der Waals surface area (Å²) in [6.45, 7) is 0.239. The van der Waals surface area contributed by atoms with Gasteiger partial charge < -0.3 is 15.2 Å². The molecule has 0 unspecified atom stereocenters. The van der Waals surface area contributed by atoms with Gasteiger partial charge >= 0.3 is 0 Å². The summed E-state index contributed by atoms with van der Waals surface area (Å²) in [6, 6.07) is 7.36. The van der Waals surface area contributed by atoms with Crippen LogP contribution in [0.3, 0.4) is 0 Å². The van der Waals surface area contributed by atoms with Gasteiger partial charge in [0, 0.05) is 16.0 Å². The topological polar surface area (TPSA) is 44.5 Å². The van der Waals surface area contributed by atoms with E-state index in [0.29, 0.717) is 16.5 Å². The molecule has 3 nitrogen and oxygen atoms in total. The summed E-state index contributed by atoms with van der Waals surface area (Å²) in [5, 5.41) is 2.60. The van der Waals surface area contributed by atoms with Crippen molar-refractivity contribution in [1.29, 1.82) is 0 Å². The molecule has 0 radical (unpaired) electrons. The highest BCUT2D eigenvalue weighted by molar-refractivity contribution is 7.10. The number of hydrogen-bond acceptors (Lipinski definition) is 4. The molecule has 6 heteroatoms. The first-order chi connectivity index (χ1) is 8.25. The van der Waals surface area contributed by atoms with Gasteiger partial charge in [-0.05, 0) is 23.1 Å². The van der Waals surface area contributed by atoms with E-state index < -0.39 is 0 Å². The third kappa shape index (κ3) is 2.29. The molecular weight excluding hydrogens is 293 g/mol. The van der Waals surface area contributed by atoms with Crippen LogP contribution >= 0.6 is 35.3 Å². The van der Waals surface area contributed by atoms with Crippen molar-refractivity contribution in [2.24, 2.45) is 5.73 Å². The minimum absolute atomic E-state index is 0. The molecule has 1 aliphatic rings. The Hall–Kier alpha value is -0.940. The Kier molecular flexibility index (Phi) is 4.02. The van der Waals surface area contributed by atoms with Gasteiger partial charge in [0.25, 0.3) is 0 Å². The third-order valence-corrected chi connectivity index (χ3v) is 3.96. The number of rotatable bonds is 2. The van der Waals surface area contributed by atoms with Gasteiger partial charge in [0.1, 0.15) is 0 Å². The predicted octanol–water partition coefficient (Wildman–Crippen LogP) is 3.60. The normalized spacial score (nSPS) is 14.1. The van der Waals surface area contributed by atoms with Crippen LogP contribution in [0, 0.1) is 0 Å². The first-order valence-corrected chi connectivity index (χ1v) is 6.39. The van der Waals surface area contributed by atoms with Gasteiger partial charge in [0.15, 0.2) is 11.5 Å². The molecular formula is C12H11Cl2NO2S. The summed E-state index contributed by atoms with van der Waals surface area (Å²) in [6.07, 6.45) is 0. The summed E-state index contributed by atoms with van der Waals surface area (Å²) in [7, 11) is 0. The van der Waals surface area contributed by atoms with Crippen molar-refractivity contribution < 1.29 is 9.47 Å². The lowest BCUT2D eigenvalue weighted by Gasteiger charge is -2.12. The molecule has 0 aliphatic carbocycles. The number of hydrogen-bond donors (Lipinski definition) is 1. The largest absolute Gasteiger partial charge is 0.454 e. The van der Waals surface area contributed by atoms with Gasteiger partial charge in [-0.3, -0.25) is 0 Å². The summed E-state index contributed by atoms with van der Waals surface area (Å²) in [4.78, 5) is 1.07. The van der Waals surface area contributed by atoms with Crippen molar-refractivity contribution in [3.8, 4) is 11.5 Å². The van der Waals surface area contributed by atoms with E-state index in [0.717, 1.165) is 10.4 Å². The summed E-state index contributed by atoms with van der Waals surface area (Å²) < 4.78 is 10.6. The molecule has 2 heterocycles. The van der Waals surface area contributed by atoms with Crippen molar-refractivity contribution in [3.05, 3.63) is 45.1 Å². The first kappa shape index (κ1) is 13.5. The average molecular weight is 304 g/mol. The number of ether oxygens (including phenoxy) is 2. The second kappa shape index (κ2) is 5.36. The lowest BCUT2D eigenvalue weighted by Crippen LogP contribution is -2.10. The Morgan fingerprint density at radius 3 is 2.67 bits per heavy atom. The Morgan fingerprint density at radius 2 is 2.00 bits per heavy atom. The van der Waals surface area contributed by atoms with E-state index in [1.54, 1.807) is 17.4 Å². The molecule has 1 aromatic carbocycles. The molecule has 0 fully saturated rings. The lowest BCUT2D eigenvalue weighted by atomic mass is 10.1. The van der Waals surface area contributed by atoms with E-state index in [9.17, 15) is 0 Å². The van der Waals surface area contributed by atoms with Crippen LogP contribution in [0.5, 0.6) is 11.5 Å². The van der Waals surface area contributed by atoms with E-state index in [-0.39, 0.29) is 25.2 Å². The molecule has 1 aliphatic heterocycles. The van der Waals surface area contributed by atoms with Gasteiger partial charge in [0.05, 0.1) is 6.04 Å². The van der Waals surface area contributed by atoms with Crippen molar-refractivity contribution in [3.63, 3.8) is 0 Å². The van der Waals surface area contributed by atoms with Crippen molar-refractivity contribution >= 4 is 35.3 Å². The van der Waals surface area contributed by atoms with Crippen LogP contribution in [-0.4, -0.2) is 6.79 Å². The summed E-state index contributed by atoms with van der Waals surface area (Å²) in [5.74, 6) is 1.38. The van der Waals surface area contributed by atoms with Crippen LogP contribution < -0.4 is 15.2 Å². The molecule has 0 bridgehead atoms.